The molecule has 1 fully saturated rings. The van der Waals surface area contributed by atoms with Crippen molar-refractivity contribution in [2.24, 2.45) is 0 Å². The Hall–Kier alpha value is -1.72. The molecule has 0 amide bonds. The zero-order valence-electron chi connectivity index (χ0n) is 11.2. The summed E-state index contributed by atoms with van der Waals surface area (Å²) in [6.45, 7) is 7.25. The van der Waals surface area contributed by atoms with Gasteiger partial charge < -0.3 is 5.32 Å². The molecule has 0 radical (unpaired) electrons. The Morgan fingerprint density at radius 2 is 1.89 bits per heavy atom. The van der Waals surface area contributed by atoms with Crippen LogP contribution in [0.1, 0.15) is 11.3 Å². The van der Waals surface area contributed by atoms with Crippen LogP contribution in [-0.4, -0.2) is 46.1 Å². The summed E-state index contributed by atoms with van der Waals surface area (Å²) >= 11 is 0. The number of rotatable bonds is 3. The topological polar surface area (TPSA) is 46.0 Å². The van der Waals surface area contributed by atoms with Crippen molar-refractivity contribution in [3.8, 4) is 5.69 Å². The fraction of sp³-hybridized carbons (Fsp3) is 0.429. The van der Waals surface area contributed by atoms with Gasteiger partial charge in [-0.15, -0.1) is 5.10 Å². The van der Waals surface area contributed by atoms with E-state index in [2.05, 4.69) is 51.7 Å². The lowest BCUT2D eigenvalue weighted by Gasteiger charge is -2.25. The molecular weight excluding hydrogens is 238 g/mol. The molecule has 5 heteroatoms. The van der Waals surface area contributed by atoms with Crippen molar-refractivity contribution in [3.63, 3.8) is 0 Å². The van der Waals surface area contributed by atoms with Gasteiger partial charge in [0.25, 0.3) is 0 Å². The third-order valence-corrected chi connectivity index (χ3v) is 3.43. The van der Waals surface area contributed by atoms with E-state index in [1.807, 2.05) is 10.9 Å². The molecule has 0 saturated carbocycles. The first kappa shape index (κ1) is 12.3. The van der Waals surface area contributed by atoms with Crippen LogP contribution >= 0.6 is 0 Å². The summed E-state index contributed by atoms with van der Waals surface area (Å²) < 4.78 is 1.84. The summed E-state index contributed by atoms with van der Waals surface area (Å²) in [5.41, 5.74) is 3.34. The predicted octanol–water partition coefficient (Wildman–Crippen LogP) is 0.981. The van der Waals surface area contributed by atoms with E-state index in [0.29, 0.717) is 0 Å². The second-order valence-electron chi connectivity index (χ2n) is 5.02. The quantitative estimate of drug-likeness (QED) is 0.890. The first-order chi connectivity index (χ1) is 9.31. The Kier molecular flexibility index (Phi) is 3.57. The SMILES string of the molecule is Cc1ccc(-n2cc(CN3CCNCC3)nn2)cc1. The van der Waals surface area contributed by atoms with Gasteiger partial charge in [0.2, 0.25) is 0 Å². The number of nitrogens with zero attached hydrogens (tertiary/aromatic N) is 4. The Morgan fingerprint density at radius 3 is 2.63 bits per heavy atom. The molecule has 5 nitrogen and oxygen atoms in total. The highest BCUT2D eigenvalue weighted by Gasteiger charge is 2.12. The van der Waals surface area contributed by atoms with Gasteiger partial charge in [0.15, 0.2) is 0 Å². The Labute approximate surface area is 113 Å². The highest BCUT2D eigenvalue weighted by atomic mass is 15.4. The lowest BCUT2D eigenvalue weighted by atomic mass is 10.2. The van der Waals surface area contributed by atoms with Gasteiger partial charge in [-0.3, -0.25) is 4.90 Å². The van der Waals surface area contributed by atoms with Crippen LogP contribution in [0.25, 0.3) is 5.69 Å². The number of aromatic nitrogens is 3. The van der Waals surface area contributed by atoms with Crippen molar-refractivity contribution in [2.75, 3.05) is 26.2 Å². The number of aryl methyl sites for hydroxylation is 1. The van der Waals surface area contributed by atoms with Crippen molar-refractivity contribution in [2.45, 2.75) is 13.5 Å². The number of nitrogens with one attached hydrogen (secondary N) is 1. The summed E-state index contributed by atoms with van der Waals surface area (Å²) in [6, 6.07) is 8.32. The molecule has 3 rings (SSSR count). The molecule has 0 aliphatic carbocycles. The molecule has 0 atom stereocenters. The lowest BCUT2D eigenvalue weighted by molar-refractivity contribution is 0.230. The molecular formula is C14H19N5. The van der Waals surface area contributed by atoms with Crippen molar-refractivity contribution in [3.05, 3.63) is 41.7 Å². The van der Waals surface area contributed by atoms with Gasteiger partial charge in [0.1, 0.15) is 0 Å². The van der Waals surface area contributed by atoms with E-state index in [9.17, 15) is 0 Å². The monoisotopic (exact) mass is 257 g/mol. The standard InChI is InChI=1S/C14H19N5/c1-12-2-4-14(5-3-12)19-11-13(16-17-19)10-18-8-6-15-7-9-18/h2-5,11,15H,6-10H2,1H3. The summed E-state index contributed by atoms with van der Waals surface area (Å²) in [4.78, 5) is 2.40. The van der Waals surface area contributed by atoms with Crippen molar-refractivity contribution < 1.29 is 0 Å². The van der Waals surface area contributed by atoms with Crippen molar-refractivity contribution >= 4 is 0 Å². The molecule has 0 spiro atoms. The van der Waals surface area contributed by atoms with E-state index >= 15 is 0 Å². The number of hydrogen-bond acceptors (Lipinski definition) is 4. The van der Waals surface area contributed by atoms with Gasteiger partial charge in [-0.2, -0.15) is 0 Å². The third-order valence-electron chi connectivity index (χ3n) is 3.43. The summed E-state index contributed by atoms with van der Waals surface area (Å²) in [5, 5.41) is 11.8. The third kappa shape index (κ3) is 3.00. The normalized spacial score (nSPS) is 16.7. The van der Waals surface area contributed by atoms with Crippen LogP contribution in [0.15, 0.2) is 30.5 Å². The number of hydrogen-bond donors (Lipinski definition) is 1. The molecule has 1 aliphatic rings. The highest BCUT2D eigenvalue weighted by Crippen LogP contribution is 2.09. The van der Waals surface area contributed by atoms with Gasteiger partial charge in [-0.1, -0.05) is 22.9 Å². The van der Waals surface area contributed by atoms with Crippen LogP contribution in [0, 0.1) is 6.92 Å². The molecule has 1 N–H and O–H groups in total. The van der Waals surface area contributed by atoms with Gasteiger partial charge in [-0.05, 0) is 19.1 Å². The first-order valence-electron chi connectivity index (χ1n) is 6.72. The van der Waals surface area contributed by atoms with Crippen LogP contribution in [0.3, 0.4) is 0 Å². The van der Waals surface area contributed by atoms with Gasteiger partial charge in [0, 0.05) is 32.7 Å². The summed E-state index contributed by atoms with van der Waals surface area (Å²) in [5.74, 6) is 0. The molecule has 2 aromatic rings. The van der Waals surface area contributed by atoms with E-state index in [0.717, 1.165) is 44.1 Å². The van der Waals surface area contributed by atoms with Gasteiger partial charge in [-0.25, -0.2) is 4.68 Å². The molecule has 1 aliphatic heterocycles. The van der Waals surface area contributed by atoms with E-state index in [-0.39, 0.29) is 0 Å². The Morgan fingerprint density at radius 1 is 1.16 bits per heavy atom. The van der Waals surface area contributed by atoms with Crippen LogP contribution in [0.2, 0.25) is 0 Å². The Balaban J connectivity index is 1.70. The fourth-order valence-electron chi connectivity index (χ4n) is 2.29. The van der Waals surface area contributed by atoms with Crippen molar-refractivity contribution in [1.29, 1.82) is 0 Å². The maximum atomic E-state index is 4.26. The lowest BCUT2D eigenvalue weighted by Crippen LogP contribution is -2.42. The largest absolute Gasteiger partial charge is 0.314 e. The molecule has 0 bridgehead atoms. The molecule has 1 aromatic heterocycles. The zero-order valence-corrected chi connectivity index (χ0v) is 11.2. The molecule has 0 unspecified atom stereocenters. The van der Waals surface area contributed by atoms with Crippen LogP contribution in [-0.2, 0) is 6.54 Å². The maximum absolute atomic E-state index is 4.26. The predicted molar refractivity (Wildman–Crippen MR) is 74.2 cm³/mol. The average Bonchev–Trinajstić information content (AvgIpc) is 2.89. The van der Waals surface area contributed by atoms with E-state index < -0.39 is 0 Å². The minimum Gasteiger partial charge on any atom is -0.314 e. The summed E-state index contributed by atoms with van der Waals surface area (Å²) in [6.07, 6.45) is 2.02. The van der Waals surface area contributed by atoms with Crippen LogP contribution in [0.4, 0.5) is 0 Å². The van der Waals surface area contributed by atoms with Crippen molar-refractivity contribution in [1.82, 2.24) is 25.2 Å². The zero-order chi connectivity index (χ0) is 13.1. The fourth-order valence-corrected chi connectivity index (χ4v) is 2.29. The maximum Gasteiger partial charge on any atom is 0.0971 e. The second-order valence-corrected chi connectivity index (χ2v) is 5.02. The number of benzene rings is 1. The smallest absolute Gasteiger partial charge is 0.0971 e. The van der Waals surface area contributed by atoms with E-state index in [1.165, 1.54) is 5.56 Å². The number of piperazine rings is 1. The second kappa shape index (κ2) is 5.50. The highest BCUT2D eigenvalue weighted by molar-refractivity contribution is 5.33. The van der Waals surface area contributed by atoms with E-state index in [4.69, 9.17) is 0 Å². The Bertz CT molecular complexity index is 525. The first-order valence-corrected chi connectivity index (χ1v) is 6.72. The van der Waals surface area contributed by atoms with Crippen LogP contribution < -0.4 is 5.32 Å². The molecule has 19 heavy (non-hydrogen) atoms. The van der Waals surface area contributed by atoms with E-state index in [1.54, 1.807) is 0 Å². The molecule has 1 aromatic carbocycles. The average molecular weight is 257 g/mol. The van der Waals surface area contributed by atoms with Gasteiger partial charge in [0.05, 0.1) is 17.6 Å². The minimum atomic E-state index is 0.882. The molecule has 100 valence electrons. The minimum absolute atomic E-state index is 0.882. The van der Waals surface area contributed by atoms with Gasteiger partial charge >= 0.3 is 0 Å². The van der Waals surface area contributed by atoms with Crippen LogP contribution in [0.5, 0.6) is 0 Å². The molecule has 1 saturated heterocycles. The molecule has 2 heterocycles. The summed E-state index contributed by atoms with van der Waals surface area (Å²) in [7, 11) is 0.